The first-order valence-electron chi connectivity index (χ1n) is 11.6. The van der Waals surface area contributed by atoms with Crippen molar-refractivity contribution >= 4 is 17.7 Å². The molecule has 6 atom stereocenters. The second-order valence-corrected chi connectivity index (χ2v) is 11.0. The zero-order valence-electron chi connectivity index (χ0n) is 19.2. The first kappa shape index (κ1) is 23.2. The third-order valence-corrected chi connectivity index (χ3v) is 8.66. The number of rotatable bonds is 6. The Hall–Kier alpha value is -1.99. The lowest BCUT2D eigenvalue weighted by Crippen LogP contribution is -2.51. The zero-order valence-corrected chi connectivity index (χ0v) is 19.2. The van der Waals surface area contributed by atoms with Crippen molar-refractivity contribution in [3.63, 3.8) is 0 Å². The second-order valence-electron chi connectivity index (χ2n) is 11.0. The van der Waals surface area contributed by atoms with Crippen molar-refractivity contribution in [2.24, 2.45) is 22.7 Å². The van der Waals surface area contributed by atoms with Gasteiger partial charge in [-0.15, -0.1) is 0 Å². The van der Waals surface area contributed by atoms with Crippen LogP contribution in [0.25, 0.3) is 0 Å². The number of allylic oxidation sites excluding steroid dienone is 1. The molecule has 0 amide bonds. The number of carboxylic acid groups (broad SMARTS) is 1. The number of ketones is 1. The fourth-order valence-corrected chi connectivity index (χ4v) is 6.97. The lowest BCUT2D eigenvalue weighted by atomic mass is 9.46. The van der Waals surface area contributed by atoms with Gasteiger partial charge in [0.25, 0.3) is 0 Å². The quantitative estimate of drug-likeness (QED) is 0.279. The molecule has 0 radical (unpaired) electrons. The molecule has 3 aliphatic carbocycles. The number of aliphatic hydroxyl groups excluding tert-OH is 1. The molecule has 0 spiro atoms. The molecule has 0 aromatic carbocycles. The summed E-state index contributed by atoms with van der Waals surface area (Å²) in [5, 5.41) is 19.4. The van der Waals surface area contributed by atoms with E-state index in [9.17, 15) is 19.5 Å². The number of fused-ring (bicyclic) bond motifs is 2. The highest BCUT2D eigenvalue weighted by molar-refractivity contribution is 6.02. The highest BCUT2D eigenvalue weighted by atomic mass is 16.6. The van der Waals surface area contributed by atoms with Gasteiger partial charge in [-0.3, -0.25) is 14.4 Å². The summed E-state index contributed by atoms with van der Waals surface area (Å²) in [4.78, 5) is 35.3. The molecular weight excluding hydrogens is 412 g/mol. The third-order valence-electron chi connectivity index (χ3n) is 8.66. The minimum absolute atomic E-state index is 0.0456. The Kier molecular flexibility index (Phi) is 5.65. The van der Waals surface area contributed by atoms with Crippen molar-refractivity contribution in [3.05, 3.63) is 23.8 Å². The fourth-order valence-electron chi connectivity index (χ4n) is 6.97. The number of epoxide rings is 1. The predicted octanol–water partition coefficient (Wildman–Crippen LogP) is 3.20. The van der Waals surface area contributed by atoms with Gasteiger partial charge >= 0.3 is 11.9 Å². The van der Waals surface area contributed by atoms with Crippen molar-refractivity contribution in [3.8, 4) is 0 Å². The molecule has 32 heavy (non-hydrogen) atoms. The summed E-state index contributed by atoms with van der Waals surface area (Å²) in [6.07, 6.45) is 4.88. The topological polar surface area (TPSA) is 113 Å². The van der Waals surface area contributed by atoms with Crippen LogP contribution in [0.3, 0.4) is 0 Å². The summed E-state index contributed by atoms with van der Waals surface area (Å²) >= 11 is 0. The maximum Gasteiger partial charge on any atom is 0.317 e. The minimum Gasteiger partial charge on any atom is -0.481 e. The van der Waals surface area contributed by atoms with E-state index in [-0.39, 0.29) is 34.7 Å². The fraction of sp³-hybridized carbons (Fsp3) is 0.720. The molecule has 1 aliphatic heterocycles. The Bertz CT molecular complexity index is 887. The van der Waals surface area contributed by atoms with Crippen LogP contribution < -0.4 is 0 Å². The van der Waals surface area contributed by atoms with Gasteiger partial charge in [0.05, 0.1) is 0 Å². The molecule has 2 unspecified atom stereocenters. The van der Waals surface area contributed by atoms with Gasteiger partial charge in [0.15, 0.2) is 11.4 Å². The average molecular weight is 447 g/mol. The van der Waals surface area contributed by atoms with Crippen LogP contribution in [0.15, 0.2) is 23.8 Å². The molecule has 1 heterocycles. The first-order valence-corrected chi connectivity index (χ1v) is 11.6. The summed E-state index contributed by atoms with van der Waals surface area (Å²) in [6, 6.07) is 0. The van der Waals surface area contributed by atoms with E-state index in [1.165, 1.54) is 18.1 Å². The normalized spacial score (nSPS) is 40.1. The van der Waals surface area contributed by atoms with Crippen LogP contribution in [0.4, 0.5) is 0 Å². The van der Waals surface area contributed by atoms with Crippen molar-refractivity contribution in [1.82, 2.24) is 0 Å². The summed E-state index contributed by atoms with van der Waals surface area (Å²) in [7, 11) is 0. The molecule has 7 heteroatoms. The highest BCUT2D eigenvalue weighted by Crippen LogP contribution is 2.64. The molecule has 0 aromatic rings. The van der Waals surface area contributed by atoms with Crippen LogP contribution in [-0.4, -0.2) is 52.4 Å². The standard InChI is InChI=1S/C25H34O7/c1-14-6-7-17-23(2,3)8-5-9-24(17,4)16(14)12-25-18(26)10-15(21(30)22(25)32-25)13-31-20(29)11-19(27)28/h10,16-17,21-22,30H,1,5-9,11-13H2,2-4H3,(H,27,28)/t16?,17-,21+,22?,24+,25-/m0/s1. The van der Waals surface area contributed by atoms with E-state index < -0.39 is 36.2 Å². The van der Waals surface area contributed by atoms with E-state index in [0.717, 1.165) is 25.7 Å². The molecule has 4 aliphatic rings. The van der Waals surface area contributed by atoms with Crippen molar-refractivity contribution in [2.45, 2.75) is 83.5 Å². The molecule has 3 fully saturated rings. The summed E-state index contributed by atoms with van der Waals surface area (Å²) in [6.45, 7) is 11.1. The Morgan fingerprint density at radius 1 is 1.28 bits per heavy atom. The van der Waals surface area contributed by atoms with Gasteiger partial charge in [-0.1, -0.05) is 39.3 Å². The van der Waals surface area contributed by atoms with Gasteiger partial charge in [-0.05, 0) is 60.8 Å². The van der Waals surface area contributed by atoms with Crippen LogP contribution in [0.1, 0.15) is 65.7 Å². The van der Waals surface area contributed by atoms with E-state index in [4.69, 9.17) is 14.6 Å². The maximum atomic E-state index is 13.1. The average Bonchev–Trinajstić information content (AvgIpc) is 3.42. The van der Waals surface area contributed by atoms with E-state index in [2.05, 4.69) is 27.4 Å². The highest BCUT2D eigenvalue weighted by Gasteiger charge is 2.69. The molecule has 1 saturated heterocycles. The van der Waals surface area contributed by atoms with Crippen molar-refractivity contribution in [2.75, 3.05) is 6.61 Å². The van der Waals surface area contributed by atoms with Crippen LogP contribution in [0.5, 0.6) is 0 Å². The second kappa shape index (κ2) is 7.80. The number of esters is 1. The van der Waals surface area contributed by atoms with Crippen molar-refractivity contribution in [1.29, 1.82) is 0 Å². The molecule has 2 saturated carbocycles. The number of aliphatic carboxylic acids is 1. The molecular formula is C25H34O7. The van der Waals surface area contributed by atoms with Gasteiger partial charge in [-0.25, -0.2) is 0 Å². The van der Waals surface area contributed by atoms with Gasteiger partial charge in [-0.2, -0.15) is 0 Å². The smallest absolute Gasteiger partial charge is 0.317 e. The molecule has 4 rings (SSSR count). The van der Waals surface area contributed by atoms with Gasteiger partial charge in [0, 0.05) is 5.57 Å². The first-order chi connectivity index (χ1) is 14.9. The number of carboxylic acids is 1. The summed E-state index contributed by atoms with van der Waals surface area (Å²) in [5.41, 5.74) is 0.663. The van der Waals surface area contributed by atoms with E-state index in [1.54, 1.807) is 0 Å². The molecule has 0 bridgehead atoms. The predicted molar refractivity (Wildman–Crippen MR) is 116 cm³/mol. The van der Waals surface area contributed by atoms with Crippen LogP contribution in [0.2, 0.25) is 0 Å². The molecule has 7 nitrogen and oxygen atoms in total. The maximum absolute atomic E-state index is 13.1. The molecule has 0 aromatic heterocycles. The van der Waals surface area contributed by atoms with Crippen LogP contribution in [0, 0.1) is 22.7 Å². The zero-order chi connectivity index (χ0) is 23.5. The van der Waals surface area contributed by atoms with Gasteiger partial charge in [0.2, 0.25) is 0 Å². The number of hydrogen-bond donors (Lipinski definition) is 2. The largest absolute Gasteiger partial charge is 0.481 e. The number of carbonyl (C=O) groups excluding carboxylic acids is 2. The van der Waals surface area contributed by atoms with Gasteiger partial charge < -0.3 is 19.7 Å². The lowest BCUT2D eigenvalue weighted by molar-refractivity contribution is -0.150. The summed E-state index contributed by atoms with van der Waals surface area (Å²) < 4.78 is 10.8. The number of aliphatic hydroxyl groups is 1. The number of ether oxygens (including phenoxy) is 2. The van der Waals surface area contributed by atoms with Crippen LogP contribution >= 0.6 is 0 Å². The van der Waals surface area contributed by atoms with E-state index in [1.807, 2.05) is 0 Å². The minimum atomic E-state index is -1.29. The van der Waals surface area contributed by atoms with Crippen LogP contribution in [-0.2, 0) is 23.9 Å². The summed E-state index contributed by atoms with van der Waals surface area (Å²) in [5.74, 6) is -1.73. The number of hydrogen-bond acceptors (Lipinski definition) is 6. The SMILES string of the molecule is C=C1CC[C@H]2C(C)(C)CCC[C@]2(C)C1C[C@@]12OC1[C@H](O)C(COC(=O)CC(=O)O)=CC2=O. The van der Waals surface area contributed by atoms with Crippen molar-refractivity contribution < 1.29 is 34.1 Å². The van der Waals surface area contributed by atoms with E-state index in [0.29, 0.717) is 12.3 Å². The lowest BCUT2D eigenvalue weighted by Gasteiger charge is -2.58. The third kappa shape index (κ3) is 3.73. The Morgan fingerprint density at radius 3 is 2.69 bits per heavy atom. The molecule has 176 valence electrons. The Labute approximate surface area is 188 Å². The van der Waals surface area contributed by atoms with E-state index >= 15 is 0 Å². The number of carbonyl (C=O) groups is 3. The molecule has 2 N–H and O–H groups in total. The monoisotopic (exact) mass is 446 g/mol. The Balaban J connectivity index is 1.51. The Morgan fingerprint density at radius 2 is 2.00 bits per heavy atom. The van der Waals surface area contributed by atoms with Gasteiger partial charge in [0.1, 0.15) is 25.2 Å².